The smallest absolute Gasteiger partial charge is 0.306 e. The van der Waals surface area contributed by atoms with Crippen LogP contribution in [0.2, 0.25) is 0 Å². The van der Waals surface area contributed by atoms with Gasteiger partial charge in [0.05, 0.1) is 6.42 Å². The summed E-state index contributed by atoms with van der Waals surface area (Å²) in [6, 6.07) is 0. The number of allylic oxidation sites excluding steroid dienone is 9. The van der Waals surface area contributed by atoms with Gasteiger partial charge in [-0.2, -0.15) is 0 Å². The van der Waals surface area contributed by atoms with Crippen molar-refractivity contribution in [2.75, 3.05) is 6.61 Å². The van der Waals surface area contributed by atoms with Crippen LogP contribution >= 0.6 is 0 Å². The fraction of sp³-hybridized carbons (Fsp3) is 0.478. The second-order valence-corrected chi connectivity index (χ2v) is 6.57. The zero-order valence-corrected chi connectivity index (χ0v) is 17.0. The van der Waals surface area contributed by atoms with Crippen molar-refractivity contribution in [3.05, 3.63) is 59.3 Å². The average molecular weight is 359 g/mol. The van der Waals surface area contributed by atoms with E-state index in [9.17, 15) is 9.59 Å². The molecule has 3 nitrogen and oxygen atoms in total. The van der Waals surface area contributed by atoms with Crippen LogP contribution in [0.15, 0.2) is 59.3 Å². The molecule has 0 rings (SSSR count). The maximum Gasteiger partial charge on any atom is 0.306 e. The zero-order valence-electron chi connectivity index (χ0n) is 17.0. The van der Waals surface area contributed by atoms with Crippen LogP contribution in [0, 0.1) is 0 Å². The number of rotatable bonds is 12. The van der Waals surface area contributed by atoms with Gasteiger partial charge in [-0.05, 0) is 52.5 Å². The van der Waals surface area contributed by atoms with E-state index in [2.05, 4.69) is 63.3 Å². The summed E-state index contributed by atoms with van der Waals surface area (Å²) in [6.07, 6.45) is 18.1. The Morgan fingerprint density at radius 1 is 0.885 bits per heavy atom. The van der Waals surface area contributed by atoms with Crippen molar-refractivity contribution in [2.24, 2.45) is 0 Å². The normalized spacial score (nSPS) is 13.7. The van der Waals surface area contributed by atoms with E-state index in [0.29, 0.717) is 6.61 Å². The standard InChI is InChI=1S/C23H34O3/c1-6-7-8-11-19(2)12-9-13-20(3)14-10-15-21(4)18-26-23(25)17-16-22(5)24/h7-9,11-13,15H,6,10,14,16-18H2,1-5H3/b8-7+,12-9+,19-11+,20-13+,21-15+. The maximum absolute atomic E-state index is 11.5. The third-order valence-corrected chi connectivity index (χ3v) is 3.64. The number of esters is 1. The van der Waals surface area contributed by atoms with Crippen molar-refractivity contribution >= 4 is 11.8 Å². The Hall–Kier alpha value is -2.16. The lowest BCUT2D eigenvalue weighted by molar-refractivity contribution is -0.143. The molecule has 0 atom stereocenters. The first-order valence-corrected chi connectivity index (χ1v) is 9.33. The lowest BCUT2D eigenvalue weighted by Crippen LogP contribution is -2.08. The molecular formula is C23H34O3. The summed E-state index contributed by atoms with van der Waals surface area (Å²) in [5.41, 5.74) is 3.56. The Morgan fingerprint density at radius 3 is 2.27 bits per heavy atom. The number of carbonyl (C=O) groups is 2. The van der Waals surface area contributed by atoms with Crippen molar-refractivity contribution in [2.45, 2.75) is 66.7 Å². The van der Waals surface area contributed by atoms with Crippen LogP contribution in [-0.4, -0.2) is 18.4 Å². The molecule has 3 heteroatoms. The molecule has 0 saturated carbocycles. The van der Waals surface area contributed by atoms with Gasteiger partial charge in [0.2, 0.25) is 0 Å². The van der Waals surface area contributed by atoms with E-state index in [-0.39, 0.29) is 24.6 Å². The Morgan fingerprint density at radius 2 is 1.62 bits per heavy atom. The highest BCUT2D eigenvalue weighted by molar-refractivity contribution is 5.81. The molecule has 0 aliphatic rings. The Kier molecular flexibility index (Phi) is 13.9. The molecule has 26 heavy (non-hydrogen) atoms. The molecule has 0 fully saturated rings. The summed E-state index contributed by atoms with van der Waals surface area (Å²) in [6.45, 7) is 10.1. The molecule has 0 aliphatic carbocycles. The van der Waals surface area contributed by atoms with E-state index >= 15 is 0 Å². The van der Waals surface area contributed by atoms with Gasteiger partial charge in [-0.3, -0.25) is 4.79 Å². The summed E-state index contributed by atoms with van der Waals surface area (Å²) in [5.74, 6) is -0.306. The predicted molar refractivity (Wildman–Crippen MR) is 110 cm³/mol. The number of Topliss-reactive ketones (excluding diaryl/α,β-unsaturated/α-hetero) is 1. The summed E-state index contributed by atoms with van der Waals surface area (Å²) in [4.78, 5) is 22.3. The van der Waals surface area contributed by atoms with Crippen molar-refractivity contribution in [1.82, 2.24) is 0 Å². The first-order valence-electron chi connectivity index (χ1n) is 9.33. The molecule has 0 radical (unpaired) electrons. The summed E-state index contributed by atoms with van der Waals surface area (Å²) in [5, 5.41) is 0. The number of carbonyl (C=O) groups excluding carboxylic acids is 2. The van der Waals surface area contributed by atoms with E-state index in [1.807, 2.05) is 6.92 Å². The van der Waals surface area contributed by atoms with Crippen molar-refractivity contribution in [3.8, 4) is 0 Å². The SMILES string of the molecule is CC/C=C/C=C(C)/C=C/C=C(\C)CC/C=C(\C)COC(=O)CCC(C)=O. The van der Waals surface area contributed by atoms with Crippen LogP contribution < -0.4 is 0 Å². The highest BCUT2D eigenvalue weighted by Crippen LogP contribution is 2.08. The minimum absolute atomic E-state index is 0.00800. The van der Waals surface area contributed by atoms with Gasteiger partial charge in [-0.1, -0.05) is 60.6 Å². The van der Waals surface area contributed by atoms with Crippen molar-refractivity contribution in [3.63, 3.8) is 0 Å². The third kappa shape index (κ3) is 15.4. The largest absolute Gasteiger partial charge is 0.461 e. The predicted octanol–water partition coefficient (Wildman–Crippen LogP) is 6.04. The van der Waals surface area contributed by atoms with E-state index in [4.69, 9.17) is 4.74 Å². The molecule has 0 heterocycles. The molecule has 0 aromatic carbocycles. The molecule has 0 N–H and O–H groups in total. The Balaban J connectivity index is 4.17. The molecule has 144 valence electrons. The second kappa shape index (κ2) is 15.1. The van der Waals surface area contributed by atoms with E-state index in [0.717, 1.165) is 24.8 Å². The topological polar surface area (TPSA) is 43.4 Å². The minimum atomic E-state index is -0.314. The monoisotopic (exact) mass is 358 g/mol. The molecular weight excluding hydrogens is 324 g/mol. The quantitative estimate of drug-likeness (QED) is 0.243. The molecule has 0 aliphatic heterocycles. The van der Waals surface area contributed by atoms with Crippen LogP contribution in [0.25, 0.3) is 0 Å². The fourth-order valence-corrected chi connectivity index (χ4v) is 2.01. The minimum Gasteiger partial charge on any atom is -0.461 e. The Bertz CT molecular complexity index is 587. The highest BCUT2D eigenvalue weighted by atomic mass is 16.5. The van der Waals surface area contributed by atoms with Gasteiger partial charge in [0.15, 0.2) is 0 Å². The van der Waals surface area contributed by atoms with Crippen molar-refractivity contribution < 1.29 is 14.3 Å². The van der Waals surface area contributed by atoms with Gasteiger partial charge in [0, 0.05) is 6.42 Å². The van der Waals surface area contributed by atoms with E-state index in [1.54, 1.807) is 0 Å². The fourth-order valence-electron chi connectivity index (χ4n) is 2.01. The molecule has 0 saturated heterocycles. The summed E-state index contributed by atoms with van der Waals surface area (Å²) >= 11 is 0. The van der Waals surface area contributed by atoms with Gasteiger partial charge in [0.1, 0.15) is 12.4 Å². The highest BCUT2D eigenvalue weighted by Gasteiger charge is 2.04. The van der Waals surface area contributed by atoms with Crippen LogP contribution in [0.4, 0.5) is 0 Å². The average Bonchev–Trinajstić information content (AvgIpc) is 2.58. The van der Waals surface area contributed by atoms with E-state index in [1.165, 1.54) is 18.1 Å². The molecule has 0 spiro atoms. The molecule has 0 aromatic heterocycles. The van der Waals surface area contributed by atoms with Gasteiger partial charge in [-0.15, -0.1) is 0 Å². The summed E-state index contributed by atoms with van der Waals surface area (Å²) in [7, 11) is 0. The Labute approximate surface area is 159 Å². The van der Waals surface area contributed by atoms with Gasteiger partial charge < -0.3 is 9.53 Å². The molecule has 0 aromatic rings. The summed E-state index contributed by atoms with van der Waals surface area (Å²) < 4.78 is 5.15. The number of hydrogen-bond acceptors (Lipinski definition) is 3. The number of ether oxygens (including phenoxy) is 1. The van der Waals surface area contributed by atoms with Crippen LogP contribution in [0.3, 0.4) is 0 Å². The third-order valence-electron chi connectivity index (χ3n) is 3.64. The van der Waals surface area contributed by atoms with Gasteiger partial charge in [-0.25, -0.2) is 0 Å². The number of ketones is 1. The lowest BCUT2D eigenvalue weighted by Gasteiger charge is -2.05. The second-order valence-electron chi connectivity index (χ2n) is 6.57. The van der Waals surface area contributed by atoms with Crippen LogP contribution in [0.1, 0.15) is 66.7 Å². The molecule has 0 bridgehead atoms. The molecule has 0 unspecified atom stereocenters. The zero-order chi connectivity index (χ0) is 19.8. The van der Waals surface area contributed by atoms with Gasteiger partial charge >= 0.3 is 5.97 Å². The number of hydrogen-bond donors (Lipinski definition) is 0. The first kappa shape index (κ1) is 23.8. The maximum atomic E-state index is 11.5. The molecule has 0 amide bonds. The lowest BCUT2D eigenvalue weighted by atomic mass is 10.1. The van der Waals surface area contributed by atoms with Gasteiger partial charge in [0.25, 0.3) is 0 Å². The van der Waals surface area contributed by atoms with Crippen molar-refractivity contribution in [1.29, 1.82) is 0 Å². The van der Waals surface area contributed by atoms with Crippen LogP contribution in [0.5, 0.6) is 0 Å². The first-order chi connectivity index (χ1) is 12.3. The van der Waals surface area contributed by atoms with Crippen LogP contribution in [-0.2, 0) is 14.3 Å². The van der Waals surface area contributed by atoms with E-state index < -0.39 is 0 Å².